The molecule has 18 heavy (non-hydrogen) atoms. The molecule has 0 fully saturated rings. The second kappa shape index (κ2) is 7.01. The van der Waals surface area contributed by atoms with Crippen LogP contribution in [0.15, 0.2) is 6.20 Å². The van der Waals surface area contributed by atoms with Crippen LogP contribution in [0.3, 0.4) is 0 Å². The quantitative estimate of drug-likeness (QED) is 0.765. The number of nitrogens with zero attached hydrogens (tertiary/aromatic N) is 3. The Morgan fingerprint density at radius 3 is 2.67 bits per heavy atom. The average molecular weight is 272 g/mol. The molecule has 1 aromatic heterocycles. The monoisotopic (exact) mass is 272 g/mol. The van der Waals surface area contributed by atoms with Gasteiger partial charge in [-0.1, -0.05) is 0 Å². The van der Waals surface area contributed by atoms with Gasteiger partial charge in [0.1, 0.15) is 0 Å². The smallest absolute Gasteiger partial charge is 0.204 e. The van der Waals surface area contributed by atoms with Crippen molar-refractivity contribution in [3.63, 3.8) is 0 Å². The van der Waals surface area contributed by atoms with Crippen LogP contribution < -0.4 is 10.2 Å². The maximum Gasteiger partial charge on any atom is 0.204 e. The summed E-state index contributed by atoms with van der Waals surface area (Å²) >= 11 is 1.68. The van der Waals surface area contributed by atoms with E-state index in [9.17, 15) is 5.11 Å². The number of aliphatic hydroxyl groups excluding tert-OH is 1. The van der Waals surface area contributed by atoms with Gasteiger partial charge in [-0.05, 0) is 13.2 Å². The van der Waals surface area contributed by atoms with E-state index < -0.39 is 0 Å². The van der Waals surface area contributed by atoms with Crippen LogP contribution in [-0.4, -0.2) is 52.9 Å². The number of anilines is 1. The molecule has 1 aromatic rings. The van der Waals surface area contributed by atoms with Crippen LogP contribution in [0, 0.1) is 0 Å². The Morgan fingerprint density at radius 1 is 1.56 bits per heavy atom. The van der Waals surface area contributed by atoms with Crippen molar-refractivity contribution in [1.29, 1.82) is 0 Å². The van der Waals surface area contributed by atoms with Crippen LogP contribution in [0.5, 0.6) is 0 Å². The van der Waals surface area contributed by atoms with Gasteiger partial charge in [0, 0.05) is 39.0 Å². The van der Waals surface area contributed by atoms with E-state index in [1.165, 1.54) is 0 Å². The highest BCUT2D eigenvalue weighted by atomic mass is 32.2. The summed E-state index contributed by atoms with van der Waals surface area (Å²) in [6, 6.07) is 0.266. The predicted molar refractivity (Wildman–Crippen MR) is 78.2 cm³/mol. The minimum absolute atomic E-state index is 0.198. The van der Waals surface area contributed by atoms with E-state index in [4.69, 9.17) is 0 Å². The molecule has 0 radical (unpaired) electrons. The highest BCUT2D eigenvalue weighted by Gasteiger charge is 2.15. The molecule has 2 atom stereocenters. The van der Waals surface area contributed by atoms with Crippen LogP contribution in [0.1, 0.15) is 12.6 Å². The standard InChI is InChI=1S/C12H24N4OS/c1-9(11(8-17)18-5)13-6-10-7-14-12(15(2)3)16(10)4/h7,9,11,13,17H,6,8H2,1-5H3. The zero-order valence-corrected chi connectivity index (χ0v) is 12.7. The van der Waals surface area contributed by atoms with E-state index >= 15 is 0 Å². The van der Waals surface area contributed by atoms with Crippen molar-refractivity contribution in [2.75, 3.05) is 31.9 Å². The molecule has 0 spiro atoms. The van der Waals surface area contributed by atoms with Gasteiger partial charge in [0.25, 0.3) is 0 Å². The van der Waals surface area contributed by atoms with Crippen LogP contribution in [0.4, 0.5) is 5.95 Å². The molecule has 0 bridgehead atoms. The second-order valence-electron chi connectivity index (χ2n) is 4.63. The normalized spacial score (nSPS) is 14.6. The van der Waals surface area contributed by atoms with E-state index in [1.54, 1.807) is 11.8 Å². The van der Waals surface area contributed by atoms with Crippen molar-refractivity contribution in [2.24, 2.45) is 7.05 Å². The van der Waals surface area contributed by atoms with E-state index in [1.807, 2.05) is 38.5 Å². The minimum atomic E-state index is 0.198. The Balaban J connectivity index is 2.58. The Kier molecular flexibility index (Phi) is 5.98. The van der Waals surface area contributed by atoms with E-state index in [0.29, 0.717) is 0 Å². The van der Waals surface area contributed by atoms with Gasteiger partial charge >= 0.3 is 0 Å². The first-order chi connectivity index (χ1) is 8.51. The summed E-state index contributed by atoms with van der Waals surface area (Å²) in [5.41, 5.74) is 1.14. The molecule has 0 aromatic carbocycles. The van der Waals surface area contributed by atoms with Crippen LogP contribution in [0.2, 0.25) is 0 Å². The van der Waals surface area contributed by atoms with Crippen molar-refractivity contribution >= 4 is 17.7 Å². The topological polar surface area (TPSA) is 53.3 Å². The number of hydrogen-bond acceptors (Lipinski definition) is 5. The largest absolute Gasteiger partial charge is 0.395 e. The lowest BCUT2D eigenvalue weighted by molar-refractivity contribution is 0.275. The highest BCUT2D eigenvalue weighted by Crippen LogP contribution is 2.13. The van der Waals surface area contributed by atoms with Crippen molar-refractivity contribution in [1.82, 2.24) is 14.9 Å². The number of thioether (sulfide) groups is 1. The molecular formula is C12H24N4OS. The van der Waals surface area contributed by atoms with Gasteiger partial charge in [0.2, 0.25) is 5.95 Å². The Labute approximate surface area is 114 Å². The Bertz CT molecular complexity index is 363. The van der Waals surface area contributed by atoms with E-state index in [2.05, 4.69) is 21.8 Å². The number of nitrogens with one attached hydrogen (secondary N) is 1. The third-order valence-corrected chi connectivity index (χ3v) is 4.27. The molecule has 1 heterocycles. The molecule has 5 nitrogen and oxygen atoms in total. The third kappa shape index (κ3) is 3.63. The Morgan fingerprint density at radius 2 is 2.22 bits per heavy atom. The zero-order valence-electron chi connectivity index (χ0n) is 11.8. The molecular weight excluding hydrogens is 248 g/mol. The first kappa shape index (κ1) is 15.3. The number of aliphatic hydroxyl groups is 1. The molecule has 0 saturated heterocycles. The molecule has 2 N–H and O–H groups in total. The summed E-state index contributed by atoms with van der Waals surface area (Å²) < 4.78 is 2.08. The summed E-state index contributed by atoms with van der Waals surface area (Å²) in [6.07, 6.45) is 3.91. The summed E-state index contributed by atoms with van der Waals surface area (Å²) in [7, 11) is 5.98. The molecule has 1 rings (SSSR count). The lowest BCUT2D eigenvalue weighted by Gasteiger charge is -2.21. The van der Waals surface area contributed by atoms with Crippen molar-refractivity contribution in [2.45, 2.75) is 24.8 Å². The average Bonchev–Trinajstić information content (AvgIpc) is 2.69. The van der Waals surface area contributed by atoms with Crippen LogP contribution in [0.25, 0.3) is 0 Å². The molecule has 0 saturated carbocycles. The van der Waals surface area contributed by atoms with Gasteiger partial charge < -0.3 is 19.9 Å². The second-order valence-corrected chi connectivity index (χ2v) is 5.71. The predicted octanol–water partition coefficient (Wildman–Crippen LogP) is 0.688. The lowest BCUT2D eigenvalue weighted by atomic mass is 10.2. The highest BCUT2D eigenvalue weighted by molar-refractivity contribution is 7.99. The fraction of sp³-hybridized carbons (Fsp3) is 0.750. The minimum Gasteiger partial charge on any atom is -0.395 e. The molecule has 0 aliphatic carbocycles. The molecule has 0 amide bonds. The first-order valence-electron chi connectivity index (χ1n) is 6.06. The Hall–Kier alpha value is -0.720. The summed E-state index contributed by atoms with van der Waals surface area (Å²) in [4.78, 5) is 6.36. The van der Waals surface area contributed by atoms with Crippen molar-refractivity contribution in [3.05, 3.63) is 11.9 Å². The number of hydrogen-bond donors (Lipinski definition) is 2. The molecule has 0 aliphatic rings. The van der Waals surface area contributed by atoms with Gasteiger partial charge in [-0.15, -0.1) is 0 Å². The van der Waals surface area contributed by atoms with Gasteiger partial charge in [0.15, 0.2) is 0 Å². The molecule has 104 valence electrons. The lowest BCUT2D eigenvalue weighted by Crippen LogP contribution is -2.37. The summed E-state index contributed by atoms with van der Waals surface area (Å²) in [5, 5.41) is 12.9. The van der Waals surface area contributed by atoms with Crippen LogP contribution in [-0.2, 0) is 13.6 Å². The molecule has 0 aliphatic heterocycles. The molecule has 2 unspecified atom stereocenters. The fourth-order valence-electron chi connectivity index (χ4n) is 1.85. The van der Waals surface area contributed by atoms with E-state index in [0.717, 1.165) is 18.2 Å². The molecule has 6 heteroatoms. The van der Waals surface area contributed by atoms with Gasteiger partial charge in [-0.2, -0.15) is 11.8 Å². The van der Waals surface area contributed by atoms with Crippen LogP contribution >= 0.6 is 11.8 Å². The maximum absolute atomic E-state index is 9.24. The first-order valence-corrected chi connectivity index (χ1v) is 7.35. The van der Waals surface area contributed by atoms with E-state index in [-0.39, 0.29) is 17.9 Å². The number of aromatic nitrogens is 2. The summed E-state index contributed by atoms with van der Waals surface area (Å²) in [6.45, 7) is 3.06. The third-order valence-electron chi connectivity index (χ3n) is 3.11. The number of rotatable bonds is 7. The maximum atomic E-state index is 9.24. The van der Waals surface area contributed by atoms with Crippen molar-refractivity contribution < 1.29 is 5.11 Å². The van der Waals surface area contributed by atoms with Gasteiger partial charge in [-0.3, -0.25) is 0 Å². The van der Waals surface area contributed by atoms with Gasteiger partial charge in [0.05, 0.1) is 18.5 Å². The zero-order chi connectivity index (χ0) is 13.7. The van der Waals surface area contributed by atoms with Crippen molar-refractivity contribution in [3.8, 4) is 0 Å². The fourth-order valence-corrected chi connectivity index (χ4v) is 2.50. The summed E-state index contributed by atoms with van der Waals surface area (Å²) in [5.74, 6) is 0.947. The number of imidazole rings is 1. The van der Waals surface area contributed by atoms with Gasteiger partial charge in [-0.25, -0.2) is 4.98 Å². The SMILES string of the molecule is CSC(CO)C(C)NCc1cnc(N(C)C)n1C.